The molecule has 1 N–H and O–H groups in total. The van der Waals surface area contributed by atoms with Gasteiger partial charge in [0.15, 0.2) is 0 Å². The van der Waals surface area contributed by atoms with Crippen LogP contribution in [0.4, 0.5) is 0 Å². The number of aromatic nitrogens is 4. The van der Waals surface area contributed by atoms with E-state index in [2.05, 4.69) is 34.2 Å². The smallest absolute Gasteiger partial charge is 0.253 e. The first kappa shape index (κ1) is 22.9. The zero-order chi connectivity index (χ0) is 23.1. The first-order valence-electron chi connectivity index (χ1n) is 10.8. The van der Waals surface area contributed by atoms with Gasteiger partial charge in [-0.1, -0.05) is 13.8 Å². The molecule has 0 saturated carbocycles. The predicted molar refractivity (Wildman–Crippen MR) is 127 cm³/mol. The molecule has 1 aromatic carbocycles. The van der Waals surface area contributed by atoms with Gasteiger partial charge in [0.25, 0.3) is 5.91 Å². The van der Waals surface area contributed by atoms with E-state index in [0.717, 1.165) is 22.0 Å². The summed E-state index contributed by atoms with van der Waals surface area (Å²) in [6, 6.07) is 11.6. The summed E-state index contributed by atoms with van der Waals surface area (Å²) >= 11 is 0. The number of ether oxygens (including phenoxy) is 1. The molecule has 0 fully saturated rings. The van der Waals surface area contributed by atoms with E-state index in [4.69, 9.17) is 4.74 Å². The number of benzene rings is 1. The van der Waals surface area contributed by atoms with Gasteiger partial charge in [-0.3, -0.25) is 19.4 Å². The average molecular weight is 432 g/mol. The van der Waals surface area contributed by atoms with Gasteiger partial charge in [-0.25, -0.2) is 0 Å². The van der Waals surface area contributed by atoms with Crippen molar-refractivity contribution in [3.8, 4) is 16.9 Å². The van der Waals surface area contributed by atoms with Gasteiger partial charge in [0.05, 0.1) is 23.0 Å². The highest BCUT2D eigenvalue weighted by Crippen LogP contribution is 2.32. The minimum absolute atomic E-state index is 0.169. The Morgan fingerprint density at radius 2 is 1.84 bits per heavy atom. The molecule has 166 valence electrons. The maximum Gasteiger partial charge on any atom is 0.253 e. The van der Waals surface area contributed by atoms with Crippen LogP contribution in [0.2, 0.25) is 0 Å². The molecule has 7 heteroatoms. The monoisotopic (exact) mass is 431 g/mol. The third-order valence-electron chi connectivity index (χ3n) is 4.87. The molecule has 1 amide bonds. The Bertz CT molecular complexity index is 1200. The van der Waals surface area contributed by atoms with Crippen LogP contribution < -0.4 is 10.1 Å². The fourth-order valence-electron chi connectivity index (χ4n) is 3.24. The number of carbonyl (C=O) groups excluding carboxylic acids is 1. The lowest BCUT2D eigenvalue weighted by Crippen LogP contribution is -2.20. The van der Waals surface area contributed by atoms with Crippen molar-refractivity contribution in [3.05, 3.63) is 72.4 Å². The van der Waals surface area contributed by atoms with Crippen molar-refractivity contribution in [3.63, 3.8) is 0 Å². The summed E-state index contributed by atoms with van der Waals surface area (Å²) < 4.78 is 8.07. The third-order valence-corrected chi connectivity index (χ3v) is 4.87. The van der Waals surface area contributed by atoms with Crippen LogP contribution in [0.5, 0.6) is 5.75 Å². The highest BCUT2D eigenvalue weighted by atomic mass is 16.5. The van der Waals surface area contributed by atoms with Gasteiger partial charge >= 0.3 is 0 Å². The predicted octanol–water partition coefficient (Wildman–Crippen LogP) is 5.04. The van der Waals surface area contributed by atoms with Crippen molar-refractivity contribution in [2.24, 2.45) is 0 Å². The Morgan fingerprint density at radius 3 is 2.56 bits per heavy atom. The lowest BCUT2D eigenvalue weighted by atomic mass is 10.1. The number of nitrogens with zero attached hydrogens (tertiary/aromatic N) is 4. The van der Waals surface area contributed by atoms with Gasteiger partial charge in [-0.15, -0.1) is 0 Å². The zero-order valence-electron chi connectivity index (χ0n) is 19.2. The van der Waals surface area contributed by atoms with E-state index in [-0.39, 0.29) is 18.6 Å². The van der Waals surface area contributed by atoms with Gasteiger partial charge < -0.3 is 10.1 Å². The second-order valence-corrected chi connectivity index (χ2v) is 7.21. The number of fused-ring (bicyclic) bond motifs is 1. The second kappa shape index (κ2) is 10.5. The summed E-state index contributed by atoms with van der Waals surface area (Å²) in [6.45, 7) is 8.34. The molecular formula is C25H29N5O2. The van der Waals surface area contributed by atoms with Crippen molar-refractivity contribution in [2.75, 3.05) is 7.05 Å². The summed E-state index contributed by atoms with van der Waals surface area (Å²) in [4.78, 5) is 21.0. The van der Waals surface area contributed by atoms with Gasteiger partial charge in [0.1, 0.15) is 12.4 Å². The fourth-order valence-corrected chi connectivity index (χ4v) is 3.24. The summed E-state index contributed by atoms with van der Waals surface area (Å²) in [5.41, 5.74) is 3.86. The van der Waals surface area contributed by atoms with E-state index in [1.54, 1.807) is 31.6 Å². The Kier molecular flexibility index (Phi) is 7.54. The molecule has 4 aromatic rings. The molecule has 0 spiro atoms. The van der Waals surface area contributed by atoms with Gasteiger partial charge in [0, 0.05) is 42.6 Å². The highest BCUT2D eigenvalue weighted by molar-refractivity contribution is 5.95. The first-order chi connectivity index (χ1) is 15.6. The number of pyridine rings is 2. The van der Waals surface area contributed by atoms with Crippen LogP contribution in [-0.2, 0) is 6.61 Å². The number of rotatable bonds is 6. The Morgan fingerprint density at radius 1 is 1.09 bits per heavy atom. The Hall–Kier alpha value is -3.74. The first-order valence-corrected chi connectivity index (χ1v) is 10.8. The molecule has 3 heterocycles. The largest absolute Gasteiger partial charge is 0.487 e. The molecule has 3 aromatic heterocycles. The maximum absolute atomic E-state index is 12.1. The van der Waals surface area contributed by atoms with Crippen LogP contribution in [0.15, 0.2) is 61.2 Å². The van der Waals surface area contributed by atoms with Crippen LogP contribution in [0.1, 0.15) is 49.8 Å². The summed E-state index contributed by atoms with van der Waals surface area (Å²) in [7, 11) is 1.60. The molecule has 0 aliphatic heterocycles. The Balaban J connectivity index is 0.00000141. The molecule has 0 aliphatic rings. The quantitative estimate of drug-likeness (QED) is 0.463. The normalized spacial score (nSPS) is 10.6. The van der Waals surface area contributed by atoms with E-state index in [9.17, 15) is 4.79 Å². The topological polar surface area (TPSA) is 81.9 Å². The molecule has 4 rings (SSSR count). The van der Waals surface area contributed by atoms with Crippen molar-refractivity contribution in [2.45, 2.75) is 40.3 Å². The summed E-state index contributed by atoms with van der Waals surface area (Å²) in [5, 5.41) is 7.97. The third kappa shape index (κ3) is 4.94. The van der Waals surface area contributed by atoms with E-state index in [0.29, 0.717) is 17.0 Å². The van der Waals surface area contributed by atoms with Crippen LogP contribution >= 0.6 is 0 Å². The van der Waals surface area contributed by atoms with Gasteiger partial charge in [-0.05, 0) is 55.8 Å². The zero-order valence-corrected chi connectivity index (χ0v) is 19.2. The number of hydrogen-bond donors (Lipinski definition) is 1. The van der Waals surface area contributed by atoms with E-state index in [1.165, 1.54) is 0 Å². The number of carbonyl (C=O) groups is 1. The highest BCUT2D eigenvalue weighted by Gasteiger charge is 2.14. The molecule has 0 radical (unpaired) electrons. The molecule has 0 unspecified atom stereocenters. The van der Waals surface area contributed by atoms with Crippen LogP contribution in [0.3, 0.4) is 0 Å². The van der Waals surface area contributed by atoms with E-state index < -0.39 is 0 Å². The van der Waals surface area contributed by atoms with Crippen molar-refractivity contribution in [1.82, 2.24) is 25.1 Å². The lowest BCUT2D eigenvalue weighted by Gasteiger charge is -2.12. The maximum atomic E-state index is 12.1. The molecule has 0 atom stereocenters. The molecule has 0 saturated heterocycles. The minimum atomic E-state index is -0.192. The standard InChI is InChI=1S/C23H23N5O2.C2H6/c1-15(2)28-13-17(12-27-28)16-10-20-18(6-4-8-25-20)22(11-16)30-14-21-19(23(29)24-3)7-5-9-26-21;1-2/h4-13,15H,14H2,1-3H3,(H,24,29);1-2H3. The lowest BCUT2D eigenvalue weighted by molar-refractivity contribution is 0.0960. The molecular weight excluding hydrogens is 402 g/mol. The minimum Gasteiger partial charge on any atom is -0.487 e. The van der Waals surface area contributed by atoms with E-state index in [1.807, 2.05) is 55.2 Å². The van der Waals surface area contributed by atoms with Gasteiger partial charge in [0.2, 0.25) is 0 Å². The molecule has 32 heavy (non-hydrogen) atoms. The second-order valence-electron chi connectivity index (χ2n) is 7.21. The average Bonchev–Trinajstić information content (AvgIpc) is 3.34. The number of amides is 1. The SMILES string of the molecule is CC.CNC(=O)c1cccnc1COc1cc(-c2cnn(C(C)C)c2)cc2ncccc12. The fraction of sp³-hybridized carbons (Fsp3) is 0.280. The Labute approximate surface area is 188 Å². The van der Waals surface area contributed by atoms with Gasteiger partial charge in [-0.2, -0.15) is 5.10 Å². The van der Waals surface area contributed by atoms with Crippen LogP contribution in [-0.4, -0.2) is 32.7 Å². The van der Waals surface area contributed by atoms with Crippen molar-refractivity contribution >= 4 is 16.8 Å². The van der Waals surface area contributed by atoms with Crippen molar-refractivity contribution < 1.29 is 9.53 Å². The summed E-state index contributed by atoms with van der Waals surface area (Å²) in [5.74, 6) is 0.490. The summed E-state index contributed by atoms with van der Waals surface area (Å²) in [6.07, 6.45) is 7.27. The number of hydrogen-bond acceptors (Lipinski definition) is 5. The van der Waals surface area contributed by atoms with Crippen LogP contribution in [0, 0.1) is 0 Å². The molecule has 0 bridgehead atoms. The molecule has 0 aliphatic carbocycles. The molecule has 7 nitrogen and oxygen atoms in total. The van der Waals surface area contributed by atoms with Crippen LogP contribution in [0.25, 0.3) is 22.0 Å². The van der Waals surface area contributed by atoms with E-state index >= 15 is 0 Å². The number of nitrogens with one attached hydrogen (secondary N) is 1. The van der Waals surface area contributed by atoms with Crippen molar-refractivity contribution in [1.29, 1.82) is 0 Å².